The van der Waals surface area contributed by atoms with Gasteiger partial charge < -0.3 is 4.90 Å². The molecule has 170 valence electrons. The minimum absolute atomic E-state index is 0.140. The first-order chi connectivity index (χ1) is 15.7. The zero-order valence-corrected chi connectivity index (χ0v) is 19.8. The lowest BCUT2D eigenvalue weighted by Gasteiger charge is -2.34. The van der Waals surface area contributed by atoms with Gasteiger partial charge in [-0.3, -0.25) is 4.79 Å². The van der Waals surface area contributed by atoms with Gasteiger partial charge in [-0.2, -0.15) is 14.7 Å². The number of nitriles is 1. The Morgan fingerprint density at radius 1 is 1.00 bits per heavy atom. The Morgan fingerprint density at radius 3 is 2.12 bits per heavy atom. The number of aryl methyl sites for hydroxylation is 1. The van der Waals surface area contributed by atoms with E-state index in [2.05, 4.69) is 5.10 Å². The van der Waals surface area contributed by atoms with E-state index in [1.54, 1.807) is 21.7 Å². The van der Waals surface area contributed by atoms with E-state index in [1.165, 1.54) is 28.6 Å². The summed E-state index contributed by atoms with van der Waals surface area (Å²) >= 11 is 6.22. The van der Waals surface area contributed by atoms with Gasteiger partial charge in [-0.15, -0.1) is 0 Å². The van der Waals surface area contributed by atoms with E-state index in [9.17, 15) is 13.2 Å². The molecule has 0 saturated carbocycles. The van der Waals surface area contributed by atoms with Gasteiger partial charge in [0.15, 0.2) is 0 Å². The van der Waals surface area contributed by atoms with Crippen LogP contribution in [0.2, 0.25) is 5.02 Å². The number of piperazine rings is 1. The number of hydrogen-bond acceptors (Lipinski definition) is 5. The van der Waals surface area contributed by atoms with Crippen molar-refractivity contribution in [2.45, 2.75) is 18.7 Å². The van der Waals surface area contributed by atoms with Crippen molar-refractivity contribution in [2.24, 2.45) is 0 Å². The van der Waals surface area contributed by atoms with Crippen molar-refractivity contribution in [1.29, 1.82) is 5.26 Å². The predicted octanol–water partition coefficient (Wildman–Crippen LogP) is 3.16. The van der Waals surface area contributed by atoms with Crippen molar-refractivity contribution >= 4 is 27.5 Å². The van der Waals surface area contributed by atoms with E-state index in [1.807, 2.05) is 32.0 Å². The first-order valence-electron chi connectivity index (χ1n) is 10.3. The molecule has 1 fully saturated rings. The van der Waals surface area contributed by atoms with Gasteiger partial charge in [0.2, 0.25) is 10.0 Å². The van der Waals surface area contributed by atoms with E-state index in [0.717, 1.165) is 17.1 Å². The lowest BCUT2D eigenvalue weighted by atomic mass is 10.1. The molecule has 1 amide bonds. The topological polar surface area (TPSA) is 99.3 Å². The number of nitrogens with zero attached hydrogens (tertiary/aromatic N) is 5. The number of benzene rings is 2. The summed E-state index contributed by atoms with van der Waals surface area (Å²) in [6.45, 7) is 4.72. The van der Waals surface area contributed by atoms with Gasteiger partial charge in [0.25, 0.3) is 5.91 Å². The molecule has 33 heavy (non-hydrogen) atoms. The van der Waals surface area contributed by atoms with Gasteiger partial charge in [-0.25, -0.2) is 13.1 Å². The first kappa shape index (κ1) is 23.0. The lowest BCUT2D eigenvalue weighted by molar-refractivity contribution is 0.0698. The maximum atomic E-state index is 13.0. The molecule has 8 nitrogen and oxygen atoms in total. The molecule has 1 saturated heterocycles. The summed E-state index contributed by atoms with van der Waals surface area (Å²) in [6.07, 6.45) is 0. The number of aromatic nitrogens is 2. The zero-order valence-electron chi connectivity index (χ0n) is 18.2. The molecule has 0 spiro atoms. The van der Waals surface area contributed by atoms with Crippen LogP contribution in [0.1, 0.15) is 27.3 Å². The number of carbonyl (C=O) groups is 1. The molecule has 1 aromatic heterocycles. The number of sulfonamides is 1. The zero-order chi connectivity index (χ0) is 23.8. The molecular weight excluding hydrogens is 462 g/mol. The lowest BCUT2D eigenvalue weighted by Crippen LogP contribution is -2.50. The fourth-order valence-electron chi connectivity index (χ4n) is 3.78. The van der Waals surface area contributed by atoms with E-state index in [0.29, 0.717) is 29.2 Å². The summed E-state index contributed by atoms with van der Waals surface area (Å²) in [7, 11) is -3.68. The van der Waals surface area contributed by atoms with Crippen molar-refractivity contribution in [2.75, 3.05) is 26.2 Å². The van der Waals surface area contributed by atoms with Crippen LogP contribution >= 0.6 is 11.6 Å². The molecule has 0 atom stereocenters. The van der Waals surface area contributed by atoms with Gasteiger partial charge in [0.05, 0.1) is 38.6 Å². The fraction of sp³-hybridized carbons (Fsp3) is 0.261. The highest BCUT2D eigenvalue weighted by atomic mass is 35.5. The predicted molar refractivity (Wildman–Crippen MR) is 124 cm³/mol. The average molecular weight is 484 g/mol. The molecule has 0 bridgehead atoms. The molecule has 10 heteroatoms. The fourth-order valence-corrected chi connectivity index (χ4v) is 5.32. The van der Waals surface area contributed by atoms with E-state index < -0.39 is 10.0 Å². The number of amides is 1. The maximum absolute atomic E-state index is 13.0. The van der Waals surface area contributed by atoms with Crippen LogP contribution in [-0.2, 0) is 10.0 Å². The highest BCUT2D eigenvalue weighted by Crippen LogP contribution is 2.23. The Bertz CT molecular complexity index is 1330. The molecule has 4 rings (SSSR count). The highest BCUT2D eigenvalue weighted by molar-refractivity contribution is 7.89. The summed E-state index contributed by atoms with van der Waals surface area (Å²) in [5, 5.41) is 13.9. The highest BCUT2D eigenvalue weighted by Gasteiger charge is 2.30. The second-order valence-electron chi connectivity index (χ2n) is 7.78. The van der Waals surface area contributed by atoms with Crippen LogP contribution in [0.25, 0.3) is 5.69 Å². The van der Waals surface area contributed by atoms with Crippen molar-refractivity contribution in [3.05, 3.63) is 76.1 Å². The van der Waals surface area contributed by atoms with Crippen LogP contribution < -0.4 is 0 Å². The standard InChI is InChI=1S/C23H22ClN5O3S/c1-16-22(24)17(2)29(26-16)20-7-5-19(6-8-20)23(30)27-11-13-28(14-12-27)33(31,32)21-9-3-18(15-25)4-10-21/h3-10H,11-14H2,1-2H3. The molecule has 0 aliphatic carbocycles. The van der Waals surface area contributed by atoms with Gasteiger partial charge in [-0.1, -0.05) is 11.6 Å². The van der Waals surface area contributed by atoms with E-state index in [4.69, 9.17) is 16.9 Å². The van der Waals surface area contributed by atoms with Crippen LogP contribution in [0.5, 0.6) is 0 Å². The monoisotopic (exact) mass is 483 g/mol. The summed E-state index contributed by atoms with van der Waals surface area (Å²) < 4.78 is 28.9. The molecule has 2 aromatic carbocycles. The van der Waals surface area contributed by atoms with Crippen molar-refractivity contribution < 1.29 is 13.2 Å². The molecule has 1 aliphatic heterocycles. The van der Waals surface area contributed by atoms with Crippen molar-refractivity contribution in [3.63, 3.8) is 0 Å². The molecule has 1 aliphatic rings. The molecule has 0 N–H and O–H groups in total. The third kappa shape index (κ3) is 4.37. The number of rotatable bonds is 4. The second-order valence-corrected chi connectivity index (χ2v) is 10.1. The summed E-state index contributed by atoms with van der Waals surface area (Å²) in [4.78, 5) is 14.7. The van der Waals surface area contributed by atoms with Crippen LogP contribution in [-0.4, -0.2) is 59.5 Å². The Kier molecular flexibility index (Phi) is 6.26. The van der Waals surface area contributed by atoms with Crippen LogP contribution in [0, 0.1) is 25.2 Å². The third-order valence-electron chi connectivity index (χ3n) is 5.71. The average Bonchev–Trinajstić information content (AvgIpc) is 3.11. The Morgan fingerprint density at radius 2 is 1.61 bits per heavy atom. The Hall–Kier alpha value is -3.19. The summed E-state index contributed by atoms with van der Waals surface area (Å²) in [5.41, 5.74) is 3.29. The van der Waals surface area contributed by atoms with Gasteiger partial charge in [-0.05, 0) is 62.4 Å². The number of carbonyl (C=O) groups excluding carboxylic acids is 1. The molecule has 3 aromatic rings. The number of hydrogen-bond donors (Lipinski definition) is 0. The van der Waals surface area contributed by atoms with Gasteiger partial charge in [0, 0.05) is 31.7 Å². The minimum Gasteiger partial charge on any atom is -0.336 e. The summed E-state index contributed by atoms with van der Waals surface area (Å²) in [6, 6.07) is 14.9. The minimum atomic E-state index is -3.68. The normalized spacial score (nSPS) is 14.8. The van der Waals surface area contributed by atoms with E-state index in [-0.39, 0.29) is 23.9 Å². The third-order valence-corrected chi connectivity index (χ3v) is 8.17. The van der Waals surface area contributed by atoms with Crippen LogP contribution in [0.4, 0.5) is 0 Å². The van der Waals surface area contributed by atoms with Crippen LogP contribution in [0.3, 0.4) is 0 Å². The SMILES string of the molecule is Cc1nn(-c2ccc(C(=O)N3CCN(S(=O)(=O)c4ccc(C#N)cc4)CC3)cc2)c(C)c1Cl. The molecular formula is C23H22ClN5O3S. The number of halogens is 1. The largest absolute Gasteiger partial charge is 0.336 e. The first-order valence-corrected chi connectivity index (χ1v) is 12.2. The van der Waals surface area contributed by atoms with Gasteiger partial charge in [0.1, 0.15) is 0 Å². The second kappa shape index (κ2) is 8.98. The molecule has 0 unspecified atom stereocenters. The smallest absolute Gasteiger partial charge is 0.253 e. The Balaban J connectivity index is 1.43. The van der Waals surface area contributed by atoms with E-state index >= 15 is 0 Å². The van der Waals surface area contributed by atoms with Crippen LogP contribution in [0.15, 0.2) is 53.4 Å². The quantitative estimate of drug-likeness (QED) is 0.567. The van der Waals surface area contributed by atoms with Gasteiger partial charge >= 0.3 is 0 Å². The maximum Gasteiger partial charge on any atom is 0.253 e. The summed E-state index contributed by atoms with van der Waals surface area (Å²) in [5.74, 6) is -0.150. The van der Waals surface area contributed by atoms with Crippen molar-refractivity contribution in [1.82, 2.24) is 19.0 Å². The molecule has 0 radical (unpaired) electrons. The molecule has 2 heterocycles. The Labute approximate surface area is 197 Å². The van der Waals surface area contributed by atoms with Crippen molar-refractivity contribution in [3.8, 4) is 11.8 Å².